The SMILES string of the molecule is CCC1=C(CC)c2cc3[nH]c(cc4nc(cc5[nH]c(cc1n2)c(CC)c5CC)C(CC)=C4CC)c(CC)c3CC.[Ni+3]. The van der Waals surface area contributed by atoms with E-state index in [1.165, 1.54) is 66.6 Å². The number of aromatic amines is 2. The third kappa shape index (κ3) is 5.27. The summed E-state index contributed by atoms with van der Waals surface area (Å²) in [4.78, 5) is 18.2. The first kappa shape index (κ1) is 31.0. The molecule has 2 aliphatic rings. The molecule has 1 radical (unpaired) electrons. The zero-order chi connectivity index (χ0) is 28.6. The molecule has 3 aromatic heterocycles. The van der Waals surface area contributed by atoms with Crippen molar-refractivity contribution in [1.82, 2.24) is 19.9 Å². The molecular weight excluding hydrogens is 547 g/mol. The fourth-order valence-corrected chi connectivity index (χ4v) is 7.10. The summed E-state index contributed by atoms with van der Waals surface area (Å²) in [7, 11) is 0. The van der Waals surface area contributed by atoms with E-state index in [4.69, 9.17) is 9.97 Å². The van der Waals surface area contributed by atoms with Gasteiger partial charge >= 0.3 is 16.5 Å². The molecule has 0 atom stereocenters. The smallest absolute Gasteiger partial charge is 0.355 e. The Balaban J connectivity index is 0.00000387. The number of allylic oxidation sites excluding steroid dienone is 4. The van der Waals surface area contributed by atoms with Gasteiger partial charge in [-0.05, 0) is 120 Å². The van der Waals surface area contributed by atoms with Crippen molar-refractivity contribution in [2.75, 3.05) is 0 Å². The average Bonchev–Trinajstić information content (AvgIpc) is 3.67. The molecule has 8 bridgehead atoms. The second kappa shape index (κ2) is 12.9. The van der Waals surface area contributed by atoms with Gasteiger partial charge in [-0.1, -0.05) is 55.4 Å². The van der Waals surface area contributed by atoms with E-state index in [9.17, 15) is 0 Å². The number of nitrogens with one attached hydrogen (secondary N) is 2. The van der Waals surface area contributed by atoms with Crippen molar-refractivity contribution < 1.29 is 16.5 Å². The summed E-state index contributed by atoms with van der Waals surface area (Å²) in [5.74, 6) is 0. The van der Waals surface area contributed by atoms with E-state index in [0.29, 0.717) is 0 Å². The Kier molecular flexibility index (Phi) is 9.80. The maximum absolute atomic E-state index is 5.29. The van der Waals surface area contributed by atoms with Crippen LogP contribution in [0.4, 0.5) is 0 Å². The van der Waals surface area contributed by atoms with Crippen molar-refractivity contribution in [2.45, 2.75) is 107 Å². The maximum Gasteiger partial charge on any atom is 3.00 e. The minimum absolute atomic E-state index is 0. The molecule has 0 fully saturated rings. The molecular formula is C36H46N4Ni+3. The minimum atomic E-state index is 0. The van der Waals surface area contributed by atoms with Gasteiger partial charge in [0.15, 0.2) is 0 Å². The number of nitrogens with zero attached hydrogens (tertiary/aromatic N) is 2. The molecule has 41 heavy (non-hydrogen) atoms. The molecule has 2 N–H and O–H groups in total. The second-order valence-corrected chi connectivity index (χ2v) is 10.9. The molecule has 0 amide bonds. The molecule has 0 spiro atoms. The maximum atomic E-state index is 5.29. The number of H-pyrrole nitrogens is 2. The molecule has 0 aliphatic carbocycles. The summed E-state index contributed by atoms with van der Waals surface area (Å²) < 4.78 is 0. The Morgan fingerprint density at radius 2 is 0.610 bits per heavy atom. The number of fused-ring (bicyclic) bond motifs is 8. The van der Waals surface area contributed by atoms with E-state index in [0.717, 1.165) is 74.1 Å². The molecule has 0 aromatic carbocycles. The molecule has 0 unspecified atom stereocenters. The van der Waals surface area contributed by atoms with Gasteiger partial charge in [0.25, 0.3) is 0 Å². The second-order valence-electron chi connectivity index (χ2n) is 10.9. The summed E-state index contributed by atoms with van der Waals surface area (Å²) in [5, 5.41) is 0. The normalized spacial score (nSPS) is 13.3. The van der Waals surface area contributed by atoms with Crippen LogP contribution in [0.5, 0.6) is 0 Å². The van der Waals surface area contributed by atoms with E-state index < -0.39 is 0 Å². The Labute approximate surface area is 256 Å². The molecule has 5 heteroatoms. The van der Waals surface area contributed by atoms with Gasteiger partial charge in [-0.25, -0.2) is 9.97 Å². The Bertz CT molecular complexity index is 1440. The van der Waals surface area contributed by atoms with Crippen LogP contribution in [0, 0.1) is 0 Å². The van der Waals surface area contributed by atoms with Crippen molar-refractivity contribution in [1.29, 1.82) is 0 Å². The number of rotatable bonds is 8. The number of hydrogen-bond donors (Lipinski definition) is 2. The van der Waals surface area contributed by atoms with Crippen LogP contribution in [0.3, 0.4) is 0 Å². The van der Waals surface area contributed by atoms with E-state index in [1.54, 1.807) is 0 Å². The molecule has 3 aromatic rings. The number of aromatic nitrogens is 4. The van der Waals surface area contributed by atoms with E-state index in [-0.39, 0.29) is 16.5 Å². The van der Waals surface area contributed by atoms with Crippen molar-refractivity contribution in [3.8, 4) is 0 Å². The molecule has 5 rings (SSSR count). The van der Waals surface area contributed by atoms with Crippen LogP contribution in [0.25, 0.3) is 44.4 Å². The van der Waals surface area contributed by atoms with Crippen LogP contribution in [0.2, 0.25) is 0 Å². The zero-order valence-electron chi connectivity index (χ0n) is 26.2. The topological polar surface area (TPSA) is 57.4 Å². The average molecular weight is 593 g/mol. The molecule has 0 saturated carbocycles. The standard InChI is InChI=1S/C36H46N4.Ni/c1-9-21-22(10-2)30-18-32-25(13-5)26(14-6)34(39-32)20-36-28(16-8)27(15-7)35(40-36)19-33-24(12-4)23(11-3)31(38-33)17-29(21)37-30;/h17-20,37,40H,9-16H2,1-8H3;/q;+3. The van der Waals surface area contributed by atoms with E-state index >= 15 is 0 Å². The fraction of sp³-hybridized carbons (Fsp3) is 0.444. The summed E-state index contributed by atoms with van der Waals surface area (Å²) in [6.07, 6.45) is 7.84. The van der Waals surface area contributed by atoms with Crippen molar-refractivity contribution >= 4 is 44.4 Å². The van der Waals surface area contributed by atoms with Crippen LogP contribution in [-0.4, -0.2) is 19.9 Å². The predicted octanol–water partition coefficient (Wildman–Crippen LogP) is 10.0. The zero-order valence-corrected chi connectivity index (χ0v) is 27.2. The third-order valence-corrected chi connectivity index (χ3v) is 8.97. The molecule has 5 heterocycles. The monoisotopic (exact) mass is 592 g/mol. The van der Waals surface area contributed by atoms with Gasteiger partial charge in [-0.2, -0.15) is 0 Å². The van der Waals surface area contributed by atoms with Gasteiger partial charge in [0.1, 0.15) is 0 Å². The minimum Gasteiger partial charge on any atom is -0.355 e. The largest absolute Gasteiger partial charge is 3.00 e. The van der Waals surface area contributed by atoms with Crippen LogP contribution in [-0.2, 0) is 42.2 Å². The molecule has 217 valence electrons. The number of aryl methyl sites for hydroxylation is 4. The Morgan fingerprint density at radius 3 is 0.780 bits per heavy atom. The van der Waals surface area contributed by atoms with E-state index in [2.05, 4.69) is 89.6 Å². The van der Waals surface area contributed by atoms with Gasteiger partial charge in [0.2, 0.25) is 0 Å². The van der Waals surface area contributed by atoms with Crippen molar-refractivity contribution in [3.63, 3.8) is 0 Å². The van der Waals surface area contributed by atoms with Gasteiger partial charge in [-0.3, -0.25) is 0 Å². The number of hydrogen-bond acceptors (Lipinski definition) is 2. The first-order valence-electron chi connectivity index (χ1n) is 15.7. The van der Waals surface area contributed by atoms with Crippen LogP contribution in [0.1, 0.15) is 126 Å². The molecule has 0 saturated heterocycles. The van der Waals surface area contributed by atoms with Crippen LogP contribution in [0.15, 0.2) is 24.3 Å². The summed E-state index contributed by atoms with van der Waals surface area (Å²) in [6.45, 7) is 18.1. The first-order chi connectivity index (χ1) is 19.5. The van der Waals surface area contributed by atoms with Gasteiger partial charge in [0, 0.05) is 22.1 Å². The van der Waals surface area contributed by atoms with E-state index in [1.807, 2.05) is 0 Å². The summed E-state index contributed by atoms with van der Waals surface area (Å²) in [6, 6.07) is 9.24. The van der Waals surface area contributed by atoms with Gasteiger partial charge < -0.3 is 9.97 Å². The predicted molar refractivity (Wildman–Crippen MR) is 173 cm³/mol. The quantitative estimate of drug-likeness (QED) is 0.256. The summed E-state index contributed by atoms with van der Waals surface area (Å²) in [5.41, 5.74) is 20.2. The van der Waals surface area contributed by atoms with Crippen molar-refractivity contribution in [3.05, 3.63) is 69.3 Å². The summed E-state index contributed by atoms with van der Waals surface area (Å²) >= 11 is 0. The van der Waals surface area contributed by atoms with Crippen LogP contribution >= 0.6 is 0 Å². The molecule has 4 nitrogen and oxygen atoms in total. The Morgan fingerprint density at radius 1 is 0.390 bits per heavy atom. The fourth-order valence-electron chi connectivity index (χ4n) is 7.10. The molecule has 2 aliphatic heterocycles. The Hall–Kier alpha value is -2.91. The van der Waals surface area contributed by atoms with Crippen molar-refractivity contribution in [2.24, 2.45) is 0 Å². The van der Waals surface area contributed by atoms with Crippen LogP contribution < -0.4 is 0 Å². The van der Waals surface area contributed by atoms with Gasteiger partial charge in [0.05, 0.1) is 22.8 Å². The van der Waals surface area contributed by atoms with Gasteiger partial charge in [-0.15, -0.1) is 0 Å². The first-order valence-corrected chi connectivity index (χ1v) is 15.7. The third-order valence-electron chi connectivity index (χ3n) is 8.97.